The van der Waals surface area contributed by atoms with E-state index < -0.39 is 0 Å². The third kappa shape index (κ3) is 3.83. The summed E-state index contributed by atoms with van der Waals surface area (Å²) in [4.78, 5) is 14.9. The molecule has 1 heterocycles. The molecule has 3 nitrogen and oxygen atoms in total. The third-order valence-corrected chi connectivity index (χ3v) is 3.84. The van der Waals surface area contributed by atoms with Crippen molar-refractivity contribution in [1.29, 1.82) is 0 Å². The first-order valence-electron chi connectivity index (χ1n) is 7.66. The summed E-state index contributed by atoms with van der Waals surface area (Å²) in [6, 6.07) is 8.24. The molecule has 1 aromatic rings. The normalized spacial score (nSPS) is 20.0. The van der Waals surface area contributed by atoms with Crippen molar-refractivity contribution >= 4 is 5.91 Å². The van der Waals surface area contributed by atoms with Gasteiger partial charge in [0, 0.05) is 24.7 Å². The average Bonchev–Trinajstić information content (AvgIpc) is 2.63. The maximum absolute atomic E-state index is 12.8. The molecule has 3 heteroatoms. The highest BCUT2D eigenvalue weighted by Crippen LogP contribution is 2.17. The van der Waals surface area contributed by atoms with E-state index in [1.54, 1.807) is 0 Å². The standard InChI is InChI=1S/C17H26N2O/c1-13(2)10-16-12-18-8-5-9-19(16)17(20)15-7-4-6-14(3)11-15/h4,6-7,11,13,16,18H,5,8-10,12H2,1-3H3. The molecule has 0 spiro atoms. The molecule has 1 aromatic carbocycles. The molecule has 1 aliphatic heterocycles. The van der Waals surface area contributed by atoms with Gasteiger partial charge in [0.05, 0.1) is 0 Å². The fourth-order valence-electron chi connectivity index (χ4n) is 2.90. The topological polar surface area (TPSA) is 32.3 Å². The van der Waals surface area contributed by atoms with Crippen LogP contribution in [0, 0.1) is 12.8 Å². The molecule has 0 aliphatic carbocycles. The summed E-state index contributed by atoms with van der Waals surface area (Å²) in [5, 5.41) is 3.46. The van der Waals surface area contributed by atoms with Gasteiger partial charge in [-0.15, -0.1) is 0 Å². The molecule has 1 aliphatic rings. The van der Waals surface area contributed by atoms with Gasteiger partial charge in [-0.1, -0.05) is 31.5 Å². The Morgan fingerprint density at radius 3 is 2.95 bits per heavy atom. The molecule has 1 atom stereocenters. The molecule has 2 rings (SSSR count). The number of carbonyl (C=O) groups excluding carboxylic acids is 1. The first-order chi connectivity index (χ1) is 9.58. The van der Waals surface area contributed by atoms with Crippen LogP contribution in [-0.2, 0) is 0 Å². The van der Waals surface area contributed by atoms with E-state index in [1.165, 1.54) is 0 Å². The molecule has 1 amide bonds. The van der Waals surface area contributed by atoms with E-state index in [9.17, 15) is 4.79 Å². The Labute approximate surface area is 122 Å². The van der Waals surface area contributed by atoms with E-state index in [0.717, 1.165) is 43.6 Å². The second-order valence-corrected chi connectivity index (χ2v) is 6.21. The number of nitrogens with one attached hydrogen (secondary N) is 1. The minimum Gasteiger partial charge on any atom is -0.334 e. The Morgan fingerprint density at radius 2 is 2.25 bits per heavy atom. The number of carbonyl (C=O) groups is 1. The van der Waals surface area contributed by atoms with Crippen molar-refractivity contribution in [3.8, 4) is 0 Å². The zero-order valence-electron chi connectivity index (χ0n) is 12.9. The van der Waals surface area contributed by atoms with Crippen LogP contribution in [0.4, 0.5) is 0 Å². The van der Waals surface area contributed by atoms with Crippen LogP contribution in [0.1, 0.15) is 42.6 Å². The van der Waals surface area contributed by atoms with Gasteiger partial charge in [0.1, 0.15) is 0 Å². The molecule has 20 heavy (non-hydrogen) atoms. The number of nitrogens with zero attached hydrogens (tertiary/aromatic N) is 1. The predicted molar refractivity (Wildman–Crippen MR) is 82.9 cm³/mol. The Kier molecular flexibility index (Phi) is 5.18. The quantitative estimate of drug-likeness (QED) is 0.919. The summed E-state index contributed by atoms with van der Waals surface area (Å²) in [5.41, 5.74) is 1.96. The predicted octanol–water partition coefficient (Wildman–Crippen LogP) is 2.85. The second kappa shape index (κ2) is 6.89. The van der Waals surface area contributed by atoms with Crippen molar-refractivity contribution in [2.75, 3.05) is 19.6 Å². The summed E-state index contributed by atoms with van der Waals surface area (Å²) >= 11 is 0. The lowest BCUT2D eigenvalue weighted by molar-refractivity contribution is 0.0673. The molecule has 1 fully saturated rings. The van der Waals surface area contributed by atoms with Crippen LogP contribution in [0.25, 0.3) is 0 Å². The van der Waals surface area contributed by atoms with Gasteiger partial charge < -0.3 is 10.2 Å². The summed E-state index contributed by atoms with van der Waals surface area (Å²) in [5.74, 6) is 0.788. The highest BCUT2D eigenvalue weighted by atomic mass is 16.2. The maximum Gasteiger partial charge on any atom is 0.254 e. The van der Waals surface area contributed by atoms with Crippen molar-refractivity contribution in [3.05, 3.63) is 35.4 Å². The Morgan fingerprint density at radius 1 is 1.45 bits per heavy atom. The summed E-state index contributed by atoms with van der Waals surface area (Å²) in [6.07, 6.45) is 2.09. The molecular weight excluding hydrogens is 248 g/mol. The second-order valence-electron chi connectivity index (χ2n) is 6.21. The summed E-state index contributed by atoms with van der Waals surface area (Å²) in [7, 11) is 0. The molecule has 0 bridgehead atoms. The van der Waals surface area contributed by atoms with E-state index in [1.807, 2.05) is 31.2 Å². The van der Waals surface area contributed by atoms with Gasteiger partial charge in [-0.2, -0.15) is 0 Å². The lowest BCUT2D eigenvalue weighted by Crippen LogP contribution is -2.44. The highest BCUT2D eigenvalue weighted by Gasteiger charge is 2.26. The van der Waals surface area contributed by atoms with Crippen molar-refractivity contribution in [2.45, 2.75) is 39.7 Å². The Hall–Kier alpha value is -1.35. The molecule has 110 valence electrons. The van der Waals surface area contributed by atoms with Gasteiger partial charge >= 0.3 is 0 Å². The van der Waals surface area contributed by atoms with Gasteiger partial charge in [0.2, 0.25) is 0 Å². The van der Waals surface area contributed by atoms with Crippen molar-refractivity contribution in [1.82, 2.24) is 10.2 Å². The fourth-order valence-corrected chi connectivity index (χ4v) is 2.90. The van der Waals surface area contributed by atoms with Gasteiger partial charge in [0.25, 0.3) is 5.91 Å². The minimum atomic E-state index is 0.183. The zero-order chi connectivity index (χ0) is 14.5. The van der Waals surface area contributed by atoms with Crippen LogP contribution < -0.4 is 5.32 Å². The SMILES string of the molecule is Cc1cccc(C(=O)N2CCCNCC2CC(C)C)c1. The molecule has 1 saturated heterocycles. The van der Waals surface area contributed by atoms with Crippen molar-refractivity contribution in [3.63, 3.8) is 0 Å². The van der Waals surface area contributed by atoms with Gasteiger partial charge in [-0.05, 0) is 44.4 Å². The first-order valence-corrected chi connectivity index (χ1v) is 7.66. The highest BCUT2D eigenvalue weighted by molar-refractivity contribution is 5.94. The summed E-state index contributed by atoms with van der Waals surface area (Å²) in [6.45, 7) is 9.26. The Bertz CT molecular complexity index is 456. The number of aryl methyl sites for hydroxylation is 1. The van der Waals surface area contributed by atoms with Crippen molar-refractivity contribution in [2.24, 2.45) is 5.92 Å². The van der Waals surface area contributed by atoms with Crippen LogP contribution in [0.15, 0.2) is 24.3 Å². The van der Waals surface area contributed by atoms with Crippen LogP contribution in [0.2, 0.25) is 0 Å². The molecule has 0 radical (unpaired) electrons. The first kappa shape index (κ1) is 15.0. The molecule has 0 saturated carbocycles. The minimum absolute atomic E-state index is 0.183. The van der Waals surface area contributed by atoms with E-state index in [0.29, 0.717) is 12.0 Å². The van der Waals surface area contributed by atoms with Crippen LogP contribution in [0.3, 0.4) is 0 Å². The third-order valence-electron chi connectivity index (χ3n) is 3.84. The number of hydrogen-bond donors (Lipinski definition) is 1. The number of amides is 1. The van der Waals surface area contributed by atoms with Crippen LogP contribution >= 0.6 is 0 Å². The van der Waals surface area contributed by atoms with Gasteiger partial charge in [-0.25, -0.2) is 0 Å². The van der Waals surface area contributed by atoms with E-state index in [4.69, 9.17) is 0 Å². The Balaban J connectivity index is 2.19. The maximum atomic E-state index is 12.8. The molecule has 1 unspecified atom stereocenters. The largest absolute Gasteiger partial charge is 0.334 e. The number of benzene rings is 1. The smallest absolute Gasteiger partial charge is 0.254 e. The lowest BCUT2D eigenvalue weighted by Gasteiger charge is -2.31. The van der Waals surface area contributed by atoms with E-state index in [-0.39, 0.29) is 5.91 Å². The van der Waals surface area contributed by atoms with Crippen LogP contribution in [-0.4, -0.2) is 36.5 Å². The number of rotatable bonds is 3. The van der Waals surface area contributed by atoms with Crippen molar-refractivity contribution < 1.29 is 4.79 Å². The monoisotopic (exact) mass is 274 g/mol. The van der Waals surface area contributed by atoms with Crippen LogP contribution in [0.5, 0.6) is 0 Å². The summed E-state index contributed by atoms with van der Waals surface area (Å²) < 4.78 is 0. The van der Waals surface area contributed by atoms with E-state index in [2.05, 4.69) is 24.1 Å². The van der Waals surface area contributed by atoms with Gasteiger partial charge in [0.15, 0.2) is 0 Å². The molecular formula is C17H26N2O. The average molecular weight is 274 g/mol. The fraction of sp³-hybridized carbons (Fsp3) is 0.588. The number of hydrogen-bond acceptors (Lipinski definition) is 2. The molecule has 0 aromatic heterocycles. The lowest BCUT2D eigenvalue weighted by atomic mass is 10.0. The zero-order valence-corrected chi connectivity index (χ0v) is 12.9. The molecule has 1 N–H and O–H groups in total. The van der Waals surface area contributed by atoms with E-state index >= 15 is 0 Å². The van der Waals surface area contributed by atoms with Gasteiger partial charge in [-0.3, -0.25) is 4.79 Å².